The van der Waals surface area contributed by atoms with Crippen LogP contribution in [0.25, 0.3) is 10.9 Å². The van der Waals surface area contributed by atoms with Gasteiger partial charge in [0.1, 0.15) is 0 Å². The van der Waals surface area contributed by atoms with Gasteiger partial charge < -0.3 is 25.3 Å². The minimum Gasteiger partial charge on any atom is -0.393 e. The zero-order valence-corrected chi connectivity index (χ0v) is 22.2. The van der Waals surface area contributed by atoms with E-state index in [1.54, 1.807) is 0 Å². The number of aliphatic hydroxyl groups excluding tert-OH is 1. The van der Waals surface area contributed by atoms with Gasteiger partial charge in [0.25, 0.3) is 11.5 Å². The molecule has 0 saturated heterocycles. The van der Waals surface area contributed by atoms with E-state index in [1.165, 1.54) is 11.8 Å². The maximum atomic E-state index is 13.5. The molecule has 0 spiro atoms. The summed E-state index contributed by atoms with van der Waals surface area (Å²) in [4.78, 5) is 29.8. The van der Waals surface area contributed by atoms with Crippen molar-refractivity contribution < 1.29 is 9.90 Å². The maximum Gasteiger partial charge on any atom is 0.254 e. The van der Waals surface area contributed by atoms with E-state index in [4.69, 9.17) is 0 Å². The lowest BCUT2D eigenvalue weighted by Gasteiger charge is -2.45. The van der Waals surface area contributed by atoms with Crippen molar-refractivity contribution >= 4 is 28.6 Å². The molecule has 2 aromatic heterocycles. The van der Waals surface area contributed by atoms with Crippen molar-refractivity contribution in [3.63, 3.8) is 0 Å². The van der Waals surface area contributed by atoms with Gasteiger partial charge in [-0.15, -0.1) is 11.8 Å². The number of aromatic nitrogens is 2. The molecule has 8 heteroatoms. The van der Waals surface area contributed by atoms with Crippen LogP contribution in [0.5, 0.6) is 0 Å². The molecule has 3 aromatic rings. The molecule has 5 rings (SSSR count). The molecule has 2 aliphatic rings. The SMILES string of the molecule is CSc1cc(C)[nH]c(=O)c1CNC(=O)c1c(C)n([C@H](C)C2CC(NC3CC(O)C3)C2)c2ccccc12. The number of carbonyl (C=O) groups excluding carboxylic acids is 1. The second kappa shape index (κ2) is 10.1. The Hall–Kier alpha value is -2.55. The summed E-state index contributed by atoms with van der Waals surface area (Å²) in [5.74, 6) is 0.381. The molecule has 0 unspecified atom stereocenters. The number of amides is 1. The Morgan fingerprint density at radius 1 is 1.19 bits per heavy atom. The first-order valence-corrected chi connectivity index (χ1v) is 14.1. The summed E-state index contributed by atoms with van der Waals surface area (Å²) in [5.41, 5.74) is 3.96. The van der Waals surface area contributed by atoms with Crippen LogP contribution in [0, 0.1) is 19.8 Å². The number of rotatable bonds is 8. The van der Waals surface area contributed by atoms with Crippen LogP contribution in [0.15, 0.2) is 40.0 Å². The quantitative estimate of drug-likeness (QED) is 0.344. The van der Waals surface area contributed by atoms with E-state index in [-0.39, 0.29) is 30.2 Å². The summed E-state index contributed by atoms with van der Waals surface area (Å²) < 4.78 is 2.32. The van der Waals surface area contributed by atoms with Gasteiger partial charge in [-0.25, -0.2) is 0 Å². The first-order valence-electron chi connectivity index (χ1n) is 12.9. The number of nitrogens with zero attached hydrogens (tertiary/aromatic N) is 1. The Kier molecular flexibility index (Phi) is 7.03. The molecule has 2 saturated carbocycles. The standard InChI is InChI=1S/C28H36N4O3S/c1-15-9-25(36-4)23(27(34)30-15)14-29-28(35)26-17(3)32(24-8-6-5-7-22(24)26)16(2)18-10-19(11-18)31-20-12-21(33)13-20/h5-9,16,18-21,31,33H,10-14H2,1-4H3,(H,29,35)(H,30,34)/t16-,18?,19?,20?,21?/m1/s1. The topological polar surface area (TPSA) is 99.2 Å². The van der Waals surface area contributed by atoms with Gasteiger partial charge in [0.05, 0.1) is 11.7 Å². The number of hydrogen-bond acceptors (Lipinski definition) is 5. The zero-order valence-electron chi connectivity index (χ0n) is 21.4. The Labute approximate surface area is 216 Å². The van der Waals surface area contributed by atoms with Gasteiger partial charge in [-0.1, -0.05) is 18.2 Å². The average molecular weight is 509 g/mol. The lowest BCUT2D eigenvalue weighted by molar-refractivity contribution is 0.0422. The molecule has 1 amide bonds. The van der Waals surface area contributed by atoms with E-state index in [1.807, 2.05) is 44.4 Å². The smallest absolute Gasteiger partial charge is 0.254 e. The molecule has 2 fully saturated rings. The number of pyridine rings is 1. The van der Waals surface area contributed by atoms with Gasteiger partial charge in [0, 0.05) is 57.4 Å². The van der Waals surface area contributed by atoms with Crippen LogP contribution >= 0.6 is 11.8 Å². The first kappa shape index (κ1) is 25.1. The number of aromatic amines is 1. The molecule has 2 heterocycles. The van der Waals surface area contributed by atoms with Crippen molar-refractivity contribution in [3.8, 4) is 0 Å². The summed E-state index contributed by atoms with van der Waals surface area (Å²) in [6.07, 6.45) is 5.75. The third-order valence-electron chi connectivity index (χ3n) is 8.11. The Bertz CT molecular complexity index is 1330. The Morgan fingerprint density at radius 2 is 1.89 bits per heavy atom. The van der Waals surface area contributed by atoms with Gasteiger partial charge in [0.15, 0.2) is 0 Å². The number of carbonyl (C=O) groups is 1. The number of hydrogen-bond donors (Lipinski definition) is 4. The molecule has 1 aromatic carbocycles. The van der Waals surface area contributed by atoms with Gasteiger partial charge in [-0.3, -0.25) is 9.59 Å². The molecular weight excluding hydrogens is 472 g/mol. The molecule has 0 bridgehead atoms. The van der Waals surface area contributed by atoms with Gasteiger partial charge in [-0.05, 0) is 70.8 Å². The molecule has 192 valence electrons. The number of para-hydroxylation sites is 1. The molecule has 36 heavy (non-hydrogen) atoms. The number of aliphatic hydroxyl groups is 1. The van der Waals surface area contributed by atoms with Crippen molar-refractivity contribution in [3.05, 3.63) is 63.2 Å². The van der Waals surface area contributed by atoms with E-state index in [0.29, 0.717) is 29.1 Å². The number of benzene rings is 1. The Balaban J connectivity index is 1.35. The fourth-order valence-electron chi connectivity index (χ4n) is 5.96. The normalized spacial score (nSPS) is 24.2. The molecule has 0 radical (unpaired) electrons. The molecule has 4 N–H and O–H groups in total. The Morgan fingerprint density at radius 3 is 2.58 bits per heavy atom. The van der Waals surface area contributed by atoms with Crippen molar-refractivity contribution in [2.75, 3.05) is 6.26 Å². The number of nitrogens with one attached hydrogen (secondary N) is 3. The molecule has 0 aliphatic heterocycles. The van der Waals surface area contributed by atoms with Crippen LogP contribution in [0.2, 0.25) is 0 Å². The van der Waals surface area contributed by atoms with Crippen molar-refractivity contribution in [1.29, 1.82) is 0 Å². The summed E-state index contributed by atoms with van der Waals surface area (Å²) in [5, 5.41) is 17.2. The van der Waals surface area contributed by atoms with Crippen molar-refractivity contribution in [1.82, 2.24) is 20.2 Å². The monoisotopic (exact) mass is 508 g/mol. The lowest BCUT2D eigenvalue weighted by Crippen LogP contribution is -2.53. The highest BCUT2D eigenvalue weighted by atomic mass is 32.2. The van der Waals surface area contributed by atoms with E-state index in [9.17, 15) is 14.7 Å². The van der Waals surface area contributed by atoms with Gasteiger partial charge in [0.2, 0.25) is 0 Å². The second-order valence-corrected chi connectivity index (χ2v) is 11.4. The number of H-pyrrole nitrogens is 1. The fraction of sp³-hybridized carbons (Fsp3) is 0.500. The van der Waals surface area contributed by atoms with Crippen molar-refractivity contribution in [2.24, 2.45) is 5.92 Å². The molecular formula is C28H36N4O3S. The second-order valence-electron chi connectivity index (χ2n) is 10.5. The van der Waals surface area contributed by atoms with E-state index in [2.05, 4.69) is 33.2 Å². The van der Waals surface area contributed by atoms with Crippen LogP contribution in [-0.2, 0) is 6.54 Å². The molecule has 7 nitrogen and oxygen atoms in total. The van der Waals surface area contributed by atoms with Crippen LogP contribution < -0.4 is 16.2 Å². The predicted octanol–water partition coefficient (Wildman–Crippen LogP) is 4.05. The third kappa shape index (κ3) is 4.62. The highest BCUT2D eigenvalue weighted by Crippen LogP contribution is 2.41. The predicted molar refractivity (Wildman–Crippen MR) is 145 cm³/mol. The van der Waals surface area contributed by atoms with Gasteiger partial charge in [-0.2, -0.15) is 0 Å². The van der Waals surface area contributed by atoms with Gasteiger partial charge >= 0.3 is 0 Å². The van der Waals surface area contributed by atoms with E-state index < -0.39 is 0 Å². The largest absolute Gasteiger partial charge is 0.393 e. The molecule has 1 atom stereocenters. The molecule has 2 aliphatic carbocycles. The van der Waals surface area contributed by atoms with Crippen LogP contribution in [0.3, 0.4) is 0 Å². The maximum absolute atomic E-state index is 13.5. The highest BCUT2D eigenvalue weighted by molar-refractivity contribution is 7.98. The average Bonchev–Trinajstić information content (AvgIpc) is 3.09. The number of thioether (sulfide) groups is 1. The third-order valence-corrected chi connectivity index (χ3v) is 8.91. The summed E-state index contributed by atoms with van der Waals surface area (Å²) in [7, 11) is 0. The lowest BCUT2D eigenvalue weighted by atomic mass is 9.74. The highest BCUT2D eigenvalue weighted by Gasteiger charge is 2.38. The number of aryl methyl sites for hydroxylation is 1. The van der Waals surface area contributed by atoms with Crippen LogP contribution in [0.1, 0.15) is 66.0 Å². The van der Waals surface area contributed by atoms with Crippen LogP contribution in [0.4, 0.5) is 0 Å². The zero-order chi connectivity index (χ0) is 25.6. The summed E-state index contributed by atoms with van der Waals surface area (Å²) >= 11 is 1.51. The summed E-state index contributed by atoms with van der Waals surface area (Å²) in [6.45, 7) is 6.33. The minimum atomic E-state index is -0.156. The van der Waals surface area contributed by atoms with E-state index in [0.717, 1.165) is 52.9 Å². The first-order chi connectivity index (χ1) is 17.3. The van der Waals surface area contributed by atoms with E-state index >= 15 is 0 Å². The fourth-order valence-corrected chi connectivity index (χ4v) is 6.66. The number of fused-ring (bicyclic) bond motifs is 1. The summed E-state index contributed by atoms with van der Waals surface area (Å²) in [6, 6.07) is 11.3. The van der Waals surface area contributed by atoms with Crippen LogP contribution in [-0.4, -0.2) is 45.0 Å². The minimum absolute atomic E-state index is 0.132. The van der Waals surface area contributed by atoms with Crippen molar-refractivity contribution in [2.45, 2.75) is 82.1 Å².